The molecule has 0 fully saturated rings. The van der Waals surface area contributed by atoms with E-state index in [0.29, 0.717) is 6.42 Å². The fraction of sp³-hybridized carbons (Fsp3) is 0.615. The van der Waals surface area contributed by atoms with Crippen molar-refractivity contribution in [1.82, 2.24) is 0 Å². The van der Waals surface area contributed by atoms with Crippen molar-refractivity contribution in [1.29, 1.82) is 0 Å². The van der Waals surface area contributed by atoms with Crippen LogP contribution in [0.3, 0.4) is 0 Å². The van der Waals surface area contributed by atoms with Crippen molar-refractivity contribution in [2.45, 2.75) is 109 Å². The van der Waals surface area contributed by atoms with Crippen LogP contribution in [-0.2, 0) is 23.0 Å². The van der Waals surface area contributed by atoms with E-state index < -0.39 is 10.1 Å². The molecule has 30 heavy (non-hydrogen) atoms. The molecule has 1 N–H and O–H groups in total. The lowest BCUT2D eigenvalue weighted by Gasteiger charge is -2.13. The summed E-state index contributed by atoms with van der Waals surface area (Å²) in [6, 6.07) is 9.91. The molecule has 0 spiro atoms. The van der Waals surface area contributed by atoms with Gasteiger partial charge in [-0.05, 0) is 59.7 Å². The van der Waals surface area contributed by atoms with Gasteiger partial charge in [0.1, 0.15) is 0 Å². The monoisotopic (exact) mass is 432 g/mol. The Morgan fingerprint density at radius 2 is 1.23 bits per heavy atom. The Labute approximate surface area is 184 Å². The second kappa shape index (κ2) is 13.1. The molecule has 168 valence electrons. The molecule has 0 unspecified atom stereocenters. The van der Waals surface area contributed by atoms with E-state index in [1.165, 1.54) is 63.4 Å². The Morgan fingerprint density at radius 3 is 1.80 bits per heavy atom. The zero-order valence-corrected chi connectivity index (χ0v) is 19.8. The number of fused-ring (bicyclic) bond motifs is 1. The predicted molar refractivity (Wildman–Crippen MR) is 128 cm³/mol. The van der Waals surface area contributed by atoms with Gasteiger partial charge in [-0.15, -0.1) is 0 Å². The third-order valence-corrected chi connectivity index (χ3v) is 6.96. The molecule has 0 heterocycles. The smallest absolute Gasteiger partial charge is 0.282 e. The van der Waals surface area contributed by atoms with Gasteiger partial charge in [0.05, 0.1) is 4.90 Å². The topological polar surface area (TPSA) is 54.4 Å². The van der Waals surface area contributed by atoms with Crippen molar-refractivity contribution in [3.8, 4) is 0 Å². The van der Waals surface area contributed by atoms with E-state index in [1.54, 1.807) is 6.07 Å². The van der Waals surface area contributed by atoms with Crippen molar-refractivity contribution in [2.24, 2.45) is 0 Å². The summed E-state index contributed by atoms with van der Waals surface area (Å²) in [4.78, 5) is 0.0963. The first-order chi connectivity index (χ1) is 14.5. The Kier molecular flexibility index (Phi) is 10.9. The van der Waals surface area contributed by atoms with Gasteiger partial charge in [-0.2, -0.15) is 8.42 Å². The van der Waals surface area contributed by atoms with Gasteiger partial charge in [0.25, 0.3) is 10.1 Å². The van der Waals surface area contributed by atoms with Gasteiger partial charge in [-0.25, -0.2) is 0 Å². The molecular weight excluding hydrogens is 392 g/mol. The third kappa shape index (κ3) is 8.03. The maximum absolute atomic E-state index is 12.1. The van der Waals surface area contributed by atoms with Gasteiger partial charge in [-0.3, -0.25) is 4.55 Å². The van der Waals surface area contributed by atoms with Crippen LogP contribution < -0.4 is 0 Å². The molecule has 2 aromatic carbocycles. The molecule has 0 amide bonds. The van der Waals surface area contributed by atoms with Crippen molar-refractivity contribution in [2.75, 3.05) is 0 Å². The summed E-state index contributed by atoms with van der Waals surface area (Å²) in [6.45, 7) is 4.43. The number of rotatable bonds is 15. The quantitative estimate of drug-likeness (QED) is 0.230. The highest BCUT2D eigenvalue weighted by Gasteiger charge is 2.17. The van der Waals surface area contributed by atoms with Crippen LogP contribution in [0.5, 0.6) is 0 Å². The van der Waals surface area contributed by atoms with Crippen LogP contribution in [0.15, 0.2) is 35.2 Å². The average molecular weight is 433 g/mol. The molecule has 3 nitrogen and oxygen atoms in total. The summed E-state index contributed by atoms with van der Waals surface area (Å²) in [5.41, 5.74) is 1.93. The Hall–Kier alpha value is -1.39. The molecule has 4 heteroatoms. The van der Waals surface area contributed by atoms with Gasteiger partial charge in [0.15, 0.2) is 0 Å². The molecule has 0 aliphatic heterocycles. The van der Waals surface area contributed by atoms with Crippen molar-refractivity contribution >= 4 is 20.9 Å². The molecule has 0 saturated carbocycles. The van der Waals surface area contributed by atoms with Crippen LogP contribution in [0.4, 0.5) is 0 Å². The van der Waals surface area contributed by atoms with Crippen molar-refractivity contribution in [3.05, 3.63) is 41.5 Å². The molecule has 0 aromatic heterocycles. The van der Waals surface area contributed by atoms with Crippen LogP contribution in [0, 0.1) is 0 Å². The van der Waals surface area contributed by atoms with E-state index in [2.05, 4.69) is 32.0 Å². The minimum absolute atomic E-state index is 0.0963. The van der Waals surface area contributed by atoms with Crippen LogP contribution in [-0.4, -0.2) is 13.0 Å². The molecule has 0 atom stereocenters. The van der Waals surface area contributed by atoms with Crippen LogP contribution in [0.2, 0.25) is 0 Å². The van der Waals surface area contributed by atoms with Gasteiger partial charge >= 0.3 is 0 Å². The second-order valence-corrected chi connectivity index (χ2v) is 10.00. The largest absolute Gasteiger partial charge is 0.294 e. The Balaban J connectivity index is 2.13. The molecule has 0 aliphatic carbocycles. The highest BCUT2D eigenvalue weighted by molar-refractivity contribution is 7.85. The summed E-state index contributed by atoms with van der Waals surface area (Å²) in [5, 5.41) is 2.04. The first kappa shape index (κ1) is 24.9. The number of hydrogen-bond acceptors (Lipinski definition) is 2. The highest BCUT2D eigenvalue weighted by atomic mass is 32.2. The number of unbranched alkanes of at least 4 members (excludes halogenated alkanes) is 10. The molecule has 0 bridgehead atoms. The molecule has 0 saturated heterocycles. The normalized spacial score (nSPS) is 12.0. The fourth-order valence-corrected chi connectivity index (χ4v) is 5.02. The van der Waals surface area contributed by atoms with Crippen molar-refractivity contribution < 1.29 is 13.0 Å². The Morgan fingerprint density at radius 1 is 0.700 bits per heavy atom. The van der Waals surface area contributed by atoms with Gasteiger partial charge in [0, 0.05) is 0 Å². The molecule has 0 aliphatic rings. The lowest BCUT2D eigenvalue weighted by Crippen LogP contribution is -2.04. The first-order valence-electron chi connectivity index (χ1n) is 12.0. The van der Waals surface area contributed by atoms with Crippen LogP contribution >= 0.6 is 0 Å². The van der Waals surface area contributed by atoms with E-state index >= 15 is 0 Å². The van der Waals surface area contributed by atoms with Gasteiger partial charge in [-0.1, -0.05) is 96.3 Å². The predicted octanol–water partition coefficient (Wildman–Crippen LogP) is 7.89. The van der Waals surface area contributed by atoms with E-state index in [9.17, 15) is 13.0 Å². The van der Waals surface area contributed by atoms with Crippen molar-refractivity contribution in [3.63, 3.8) is 0 Å². The maximum atomic E-state index is 12.1. The second-order valence-electron chi connectivity index (χ2n) is 8.61. The fourth-order valence-electron chi connectivity index (χ4n) is 4.26. The zero-order chi connectivity index (χ0) is 21.8. The summed E-state index contributed by atoms with van der Waals surface area (Å²) in [5.74, 6) is 0. The third-order valence-electron chi connectivity index (χ3n) is 6.03. The van der Waals surface area contributed by atoms with E-state index in [0.717, 1.165) is 42.0 Å². The van der Waals surface area contributed by atoms with E-state index in [-0.39, 0.29) is 4.90 Å². The number of hydrogen-bond donors (Lipinski definition) is 1. The van der Waals surface area contributed by atoms with Crippen LogP contribution in [0.25, 0.3) is 10.8 Å². The van der Waals surface area contributed by atoms with Crippen LogP contribution in [0.1, 0.15) is 102 Å². The Bertz CT molecular complexity index is 871. The summed E-state index contributed by atoms with van der Waals surface area (Å²) in [7, 11) is -4.23. The summed E-state index contributed by atoms with van der Waals surface area (Å²) in [6.07, 6.45) is 16.0. The molecule has 2 aromatic rings. The summed E-state index contributed by atoms with van der Waals surface area (Å²) < 4.78 is 34.1. The van der Waals surface area contributed by atoms with Gasteiger partial charge < -0.3 is 0 Å². The summed E-state index contributed by atoms with van der Waals surface area (Å²) >= 11 is 0. The maximum Gasteiger partial charge on any atom is 0.294 e. The minimum Gasteiger partial charge on any atom is -0.282 e. The van der Waals surface area contributed by atoms with Gasteiger partial charge in [0.2, 0.25) is 0 Å². The minimum atomic E-state index is -4.23. The number of aryl methyl sites for hydroxylation is 2. The molecule has 0 radical (unpaired) electrons. The highest BCUT2D eigenvalue weighted by Crippen LogP contribution is 2.29. The van der Waals surface area contributed by atoms with E-state index in [4.69, 9.17) is 0 Å². The first-order valence-corrected chi connectivity index (χ1v) is 13.4. The molecular formula is C26H40O3S. The zero-order valence-electron chi connectivity index (χ0n) is 19.0. The SMILES string of the molecule is CCCCCCCCc1cc2cccc(CCCCCCCC)c2cc1S(=O)(=O)O. The number of benzene rings is 2. The lowest BCUT2D eigenvalue weighted by molar-refractivity contribution is 0.482. The van der Waals surface area contributed by atoms with E-state index in [1.807, 2.05) is 6.07 Å². The molecule has 2 rings (SSSR count). The average Bonchev–Trinajstić information content (AvgIpc) is 2.72. The lowest BCUT2D eigenvalue weighted by atomic mass is 9.96. The standard InChI is InChI=1S/C26H40O3S/c1-3-5-7-9-11-13-16-22-18-15-19-23-20-24(17-14-12-10-8-6-4-2)26(21-25(22)23)30(27,28)29/h15,18-21H,3-14,16-17H2,1-2H3,(H,27,28,29).